The van der Waals surface area contributed by atoms with E-state index in [1.54, 1.807) is 13.1 Å². The van der Waals surface area contributed by atoms with E-state index in [1.165, 1.54) is 10.6 Å². The Morgan fingerprint density at radius 1 is 1.13 bits per heavy atom. The Kier molecular flexibility index (Phi) is 4.19. The van der Waals surface area contributed by atoms with Crippen LogP contribution in [-0.2, 0) is 15.8 Å². The number of aromatic nitrogens is 1. The van der Waals surface area contributed by atoms with E-state index in [9.17, 15) is 8.42 Å². The number of hydrogen-bond donors (Lipinski definition) is 0. The predicted octanol–water partition coefficient (Wildman–Crippen LogP) is 3.35. The van der Waals surface area contributed by atoms with Crippen LogP contribution >= 0.6 is 0 Å². The van der Waals surface area contributed by atoms with Crippen molar-refractivity contribution in [1.29, 1.82) is 0 Å². The van der Waals surface area contributed by atoms with Crippen LogP contribution in [0.1, 0.15) is 24.2 Å². The Labute approximate surface area is 135 Å². The molecule has 120 valence electrons. The molecule has 0 aliphatic heterocycles. The lowest BCUT2D eigenvalue weighted by molar-refractivity contribution is 0.393. The van der Waals surface area contributed by atoms with Crippen LogP contribution in [0.5, 0.6) is 0 Å². The van der Waals surface area contributed by atoms with Gasteiger partial charge in [0.1, 0.15) is 12.0 Å². The molecule has 0 N–H and O–H groups in total. The third-order valence-corrected chi connectivity index (χ3v) is 5.92. The average Bonchev–Trinajstić information content (AvgIpc) is 3.05. The first-order valence-corrected chi connectivity index (χ1v) is 8.92. The van der Waals surface area contributed by atoms with Crippen molar-refractivity contribution in [2.45, 2.75) is 18.7 Å². The summed E-state index contributed by atoms with van der Waals surface area (Å²) in [7, 11) is -1.88. The zero-order valence-corrected chi connectivity index (χ0v) is 13.8. The van der Waals surface area contributed by atoms with E-state index < -0.39 is 10.0 Å². The highest BCUT2D eigenvalue weighted by Gasteiger charge is 2.25. The summed E-state index contributed by atoms with van der Waals surface area (Å²) in [4.78, 5) is 0. The minimum absolute atomic E-state index is 0.169. The fourth-order valence-corrected chi connectivity index (χ4v) is 3.85. The van der Waals surface area contributed by atoms with Gasteiger partial charge in [0.15, 0.2) is 0 Å². The first kappa shape index (κ1) is 15.7. The van der Waals surface area contributed by atoms with Gasteiger partial charge in [0, 0.05) is 19.2 Å². The van der Waals surface area contributed by atoms with Crippen LogP contribution in [0, 0.1) is 0 Å². The first-order chi connectivity index (χ1) is 11.0. The first-order valence-electron chi connectivity index (χ1n) is 7.31. The van der Waals surface area contributed by atoms with E-state index in [0.29, 0.717) is 5.69 Å². The van der Waals surface area contributed by atoms with E-state index in [4.69, 9.17) is 4.52 Å². The smallest absolute Gasteiger partial charge is 0.220 e. The van der Waals surface area contributed by atoms with Gasteiger partial charge in [0.25, 0.3) is 0 Å². The monoisotopic (exact) mass is 330 g/mol. The zero-order valence-electron chi connectivity index (χ0n) is 13.0. The molecule has 2 aromatic carbocycles. The number of fused-ring (bicyclic) bond motifs is 1. The summed E-state index contributed by atoms with van der Waals surface area (Å²) in [5.74, 6) is -0.169. The molecule has 3 rings (SSSR count). The van der Waals surface area contributed by atoms with Gasteiger partial charge >= 0.3 is 0 Å². The van der Waals surface area contributed by atoms with Crippen LogP contribution in [0.4, 0.5) is 0 Å². The molecule has 0 bridgehead atoms. The summed E-state index contributed by atoms with van der Waals surface area (Å²) < 4.78 is 31.1. The molecule has 5 nitrogen and oxygen atoms in total. The van der Waals surface area contributed by atoms with Gasteiger partial charge in [-0.05, 0) is 29.3 Å². The molecule has 1 heterocycles. The van der Waals surface area contributed by atoms with Gasteiger partial charge in [-0.25, -0.2) is 8.42 Å². The second-order valence-corrected chi connectivity index (χ2v) is 7.57. The van der Waals surface area contributed by atoms with Crippen LogP contribution in [0.15, 0.2) is 59.3 Å². The minimum atomic E-state index is -3.47. The number of benzene rings is 2. The van der Waals surface area contributed by atoms with Crippen molar-refractivity contribution in [2.75, 3.05) is 7.05 Å². The quantitative estimate of drug-likeness (QED) is 0.719. The molecule has 0 spiro atoms. The lowest BCUT2D eigenvalue weighted by Crippen LogP contribution is -2.31. The number of rotatable bonds is 5. The number of hydrogen-bond acceptors (Lipinski definition) is 4. The standard InChI is InChI=1S/C17H18N2O3S/c1-13(15-8-7-14-5-3-4-6-16(14)11-15)19(2)23(20,21)12-17-9-10-22-18-17/h3-11,13H,12H2,1-2H3/t13-/m0/s1. The Morgan fingerprint density at radius 2 is 1.87 bits per heavy atom. The van der Waals surface area contributed by atoms with E-state index in [2.05, 4.69) is 5.16 Å². The second kappa shape index (κ2) is 6.14. The maximum absolute atomic E-state index is 12.5. The zero-order chi connectivity index (χ0) is 16.4. The molecule has 23 heavy (non-hydrogen) atoms. The van der Waals surface area contributed by atoms with Crippen molar-refractivity contribution in [3.8, 4) is 0 Å². The Morgan fingerprint density at radius 3 is 2.57 bits per heavy atom. The van der Waals surface area contributed by atoms with Gasteiger partial charge in [-0.2, -0.15) is 4.31 Å². The molecule has 0 fully saturated rings. The summed E-state index contributed by atoms with van der Waals surface area (Å²) in [6.07, 6.45) is 1.37. The molecule has 0 amide bonds. The van der Waals surface area contributed by atoms with Crippen molar-refractivity contribution in [3.63, 3.8) is 0 Å². The Bertz CT molecular complexity index is 904. The molecule has 3 aromatic rings. The highest BCUT2D eigenvalue weighted by Crippen LogP contribution is 2.26. The Hall–Kier alpha value is -2.18. The third-order valence-electron chi connectivity index (χ3n) is 4.06. The van der Waals surface area contributed by atoms with Gasteiger partial charge in [0.2, 0.25) is 10.0 Å². The second-order valence-electron chi connectivity index (χ2n) is 5.55. The fourth-order valence-electron chi connectivity index (χ4n) is 2.52. The maximum atomic E-state index is 12.5. The van der Waals surface area contributed by atoms with Crippen molar-refractivity contribution >= 4 is 20.8 Å². The molecule has 0 aliphatic rings. The van der Waals surface area contributed by atoms with Crippen LogP contribution in [0.2, 0.25) is 0 Å². The van der Waals surface area contributed by atoms with Crippen molar-refractivity contribution in [1.82, 2.24) is 9.46 Å². The summed E-state index contributed by atoms with van der Waals surface area (Å²) in [6, 6.07) is 15.3. The molecule has 0 aliphatic carbocycles. The molecular weight excluding hydrogens is 312 g/mol. The van der Waals surface area contributed by atoms with Gasteiger partial charge in [-0.1, -0.05) is 41.6 Å². The predicted molar refractivity (Wildman–Crippen MR) is 89.3 cm³/mol. The third kappa shape index (κ3) is 3.28. The highest BCUT2D eigenvalue weighted by atomic mass is 32.2. The molecule has 0 unspecified atom stereocenters. The van der Waals surface area contributed by atoms with Crippen LogP contribution in [0.25, 0.3) is 10.8 Å². The van der Waals surface area contributed by atoms with E-state index >= 15 is 0 Å². The summed E-state index contributed by atoms with van der Waals surface area (Å²) in [5.41, 5.74) is 1.36. The molecule has 0 radical (unpaired) electrons. The molecule has 0 saturated heterocycles. The van der Waals surface area contributed by atoms with E-state index in [0.717, 1.165) is 16.3 Å². The SMILES string of the molecule is C[C@@H](c1ccc2ccccc2c1)N(C)S(=O)(=O)Cc1ccon1. The lowest BCUT2D eigenvalue weighted by Gasteiger charge is -2.24. The molecule has 1 atom stereocenters. The lowest BCUT2D eigenvalue weighted by atomic mass is 10.0. The van der Waals surface area contributed by atoms with Crippen molar-refractivity contribution < 1.29 is 12.9 Å². The van der Waals surface area contributed by atoms with Gasteiger partial charge in [-0.15, -0.1) is 0 Å². The van der Waals surface area contributed by atoms with Crippen LogP contribution < -0.4 is 0 Å². The molecule has 1 aromatic heterocycles. The van der Waals surface area contributed by atoms with Gasteiger partial charge in [-0.3, -0.25) is 0 Å². The maximum Gasteiger partial charge on any atom is 0.220 e. The molecule has 6 heteroatoms. The summed E-state index contributed by atoms with van der Waals surface area (Å²) in [5, 5.41) is 5.91. The summed E-state index contributed by atoms with van der Waals surface area (Å²) in [6.45, 7) is 1.88. The highest BCUT2D eigenvalue weighted by molar-refractivity contribution is 7.88. The Balaban J connectivity index is 1.86. The van der Waals surface area contributed by atoms with Crippen LogP contribution in [-0.4, -0.2) is 24.9 Å². The molecular formula is C17H18N2O3S. The topological polar surface area (TPSA) is 63.4 Å². The average molecular weight is 330 g/mol. The van der Waals surface area contributed by atoms with Gasteiger partial charge < -0.3 is 4.52 Å². The minimum Gasteiger partial charge on any atom is -0.364 e. The normalized spacial score (nSPS) is 13.5. The largest absolute Gasteiger partial charge is 0.364 e. The van der Waals surface area contributed by atoms with Crippen LogP contribution in [0.3, 0.4) is 0 Å². The number of sulfonamides is 1. The number of nitrogens with zero attached hydrogens (tertiary/aromatic N) is 2. The summed E-state index contributed by atoms with van der Waals surface area (Å²) >= 11 is 0. The van der Waals surface area contributed by atoms with Gasteiger partial charge in [0.05, 0.1) is 5.69 Å². The van der Waals surface area contributed by atoms with Crippen molar-refractivity contribution in [2.24, 2.45) is 0 Å². The van der Waals surface area contributed by atoms with E-state index in [-0.39, 0.29) is 11.8 Å². The fraction of sp³-hybridized carbons (Fsp3) is 0.235. The molecule has 0 saturated carbocycles. The van der Waals surface area contributed by atoms with Crippen molar-refractivity contribution in [3.05, 3.63) is 66.1 Å². The van der Waals surface area contributed by atoms with E-state index in [1.807, 2.05) is 49.4 Å².